The van der Waals surface area contributed by atoms with Crippen LogP contribution in [0.1, 0.15) is 31.0 Å². The molecule has 0 N–H and O–H groups in total. The Morgan fingerprint density at radius 3 is 2.89 bits per heavy atom. The minimum absolute atomic E-state index is 0.192. The Morgan fingerprint density at radius 1 is 1.44 bits per heavy atom. The van der Waals surface area contributed by atoms with Gasteiger partial charge in [0, 0.05) is 6.54 Å². The van der Waals surface area contributed by atoms with Crippen LogP contribution in [0.15, 0.2) is 12.3 Å². The lowest BCUT2D eigenvalue weighted by Gasteiger charge is -2.34. The first-order chi connectivity index (χ1) is 13.0. The molecule has 3 fully saturated rings. The van der Waals surface area contributed by atoms with E-state index in [1.165, 1.54) is 6.20 Å². The zero-order valence-corrected chi connectivity index (χ0v) is 15.1. The molecule has 2 unspecified atom stereocenters. The van der Waals surface area contributed by atoms with Crippen LogP contribution in [-0.2, 0) is 9.53 Å². The minimum Gasteiger partial charge on any atom is -0.449 e. The molecular formula is C18H19N5O4. The molecule has 0 aromatic carbocycles. The molecule has 0 radical (unpaired) electrons. The fraction of sp³-hybridized carbons (Fsp3) is 0.500. The zero-order chi connectivity index (χ0) is 19.3. The molecule has 3 aliphatic rings. The Kier molecular flexibility index (Phi) is 3.98. The van der Waals surface area contributed by atoms with E-state index in [9.17, 15) is 14.4 Å². The first-order valence-corrected chi connectivity index (χ1v) is 8.94. The number of hydrogen-bond acceptors (Lipinski definition) is 6. The van der Waals surface area contributed by atoms with Crippen LogP contribution in [0.25, 0.3) is 0 Å². The summed E-state index contributed by atoms with van der Waals surface area (Å²) in [5.41, 5.74) is 1.19. The molecule has 1 aromatic rings. The number of likely N-dealkylation sites (tertiary alicyclic amines) is 1. The second kappa shape index (κ2) is 6.23. The molecule has 9 nitrogen and oxygen atoms in total. The van der Waals surface area contributed by atoms with Crippen LogP contribution in [0.5, 0.6) is 0 Å². The SMILES string of the molecule is CCCOC(=O)N1CC2CC1[C@H]1C(=O)N(c3cnc(C#N)c(C)c3)C(=O)N21. The van der Waals surface area contributed by atoms with Gasteiger partial charge in [-0.05, 0) is 31.4 Å². The summed E-state index contributed by atoms with van der Waals surface area (Å²) in [5.74, 6) is -0.369. The summed E-state index contributed by atoms with van der Waals surface area (Å²) < 4.78 is 5.21. The van der Waals surface area contributed by atoms with E-state index in [1.807, 2.05) is 13.0 Å². The number of aromatic nitrogens is 1. The number of nitriles is 1. The van der Waals surface area contributed by atoms with Gasteiger partial charge in [-0.3, -0.25) is 4.79 Å². The number of nitrogens with zero attached hydrogens (tertiary/aromatic N) is 5. The monoisotopic (exact) mass is 369 g/mol. The van der Waals surface area contributed by atoms with Crippen molar-refractivity contribution in [3.05, 3.63) is 23.5 Å². The van der Waals surface area contributed by atoms with Gasteiger partial charge in [-0.2, -0.15) is 5.26 Å². The molecule has 4 amide bonds. The highest BCUT2D eigenvalue weighted by molar-refractivity contribution is 6.22. The average Bonchev–Trinajstić information content (AvgIpc) is 3.31. The van der Waals surface area contributed by atoms with Gasteiger partial charge in [-0.1, -0.05) is 6.92 Å². The molecule has 140 valence electrons. The molecule has 4 heterocycles. The van der Waals surface area contributed by atoms with Crippen LogP contribution in [0, 0.1) is 18.3 Å². The number of carbonyl (C=O) groups is 3. The molecule has 3 atom stereocenters. The number of anilines is 1. The molecular weight excluding hydrogens is 350 g/mol. The van der Waals surface area contributed by atoms with Crippen LogP contribution in [-0.4, -0.2) is 64.1 Å². The van der Waals surface area contributed by atoms with E-state index in [1.54, 1.807) is 22.8 Å². The Hall–Kier alpha value is -3.15. The van der Waals surface area contributed by atoms with Crippen molar-refractivity contribution in [3.63, 3.8) is 0 Å². The Balaban J connectivity index is 1.60. The molecule has 3 saturated heterocycles. The minimum atomic E-state index is -0.693. The maximum atomic E-state index is 13.0. The lowest BCUT2D eigenvalue weighted by Crippen LogP contribution is -2.55. The Bertz CT molecular complexity index is 879. The summed E-state index contributed by atoms with van der Waals surface area (Å²) >= 11 is 0. The van der Waals surface area contributed by atoms with Crippen molar-refractivity contribution in [2.24, 2.45) is 0 Å². The van der Waals surface area contributed by atoms with E-state index >= 15 is 0 Å². The number of imide groups is 1. The smallest absolute Gasteiger partial charge is 0.410 e. The van der Waals surface area contributed by atoms with Gasteiger partial charge in [0.05, 0.1) is 30.6 Å². The molecule has 3 aliphatic heterocycles. The number of carbonyl (C=O) groups excluding carboxylic acids is 3. The largest absolute Gasteiger partial charge is 0.449 e. The number of piperazine rings is 1. The van der Waals surface area contributed by atoms with Gasteiger partial charge in [0.2, 0.25) is 0 Å². The third-order valence-electron chi connectivity index (χ3n) is 5.36. The molecule has 0 saturated carbocycles. The van der Waals surface area contributed by atoms with Crippen LogP contribution < -0.4 is 4.90 Å². The molecule has 27 heavy (non-hydrogen) atoms. The number of rotatable bonds is 3. The number of pyridine rings is 1. The van der Waals surface area contributed by atoms with E-state index in [0.29, 0.717) is 30.8 Å². The van der Waals surface area contributed by atoms with Crippen molar-refractivity contribution in [2.75, 3.05) is 18.1 Å². The second-order valence-corrected chi connectivity index (χ2v) is 7.00. The van der Waals surface area contributed by atoms with Crippen LogP contribution in [0.4, 0.5) is 15.3 Å². The predicted octanol–water partition coefficient (Wildman–Crippen LogP) is 1.40. The molecule has 0 aliphatic carbocycles. The number of ether oxygens (including phenoxy) is 1. The normalized spacial score (nSPS) is 25.8. The molecule has 4 rings (SSSR count). The van der Waals surface area contributed by atoms with Gasteiger partial charge in [0.25, 0.3) is 5.91 Å². The number of amides is 4. The summed E-state index contributed by atoms with van der Waals surface area (Å²) in [6, 6.07) is 1.93. The summed E-state index contributed by atoms with van der Waals surface area (Å²) in [7, 11) is 0. The summed E-state index contributed by atoms with van der Waals surface area (Å²) in [6.45, 7) is 4.32. The highest BCUT2D eigenvalue weighted by Gasteiger charge is 2.63. The number of fused-ring (bicyclic) bond motifs is 5. The molecule has 0 spiro atoms. The fourth-order valence-electron chi connectivity index (χ4n) is 4.18. The van der Waals surface area contributed by atoms with E-state index in [-0.39, 0.29) is 23.7 Å². The first kappa shape index (κ1) is 17.3. The van der Waals surface area contributed by atoms with Gasteiger partial charge in [-0.15, -0.1) is 0 Å². The molecule has 2 bridgehead atoms. The van der Waals surface area contributed by atoms with Crippen molar-refractivity contribution in [1.29, 1.82) is 5.26 Å². The quantitative estimate of drug-likeness (QED) is 0.746. The van der Waals surface area contributed by atoms with E-state index < -0.39 is 18.2 Å². The fourth-order valence-corrected chi connectivity index (χ4v) is 4.18. The van der Waals surface area contributed by atoms with Crippen LogP contribution >= 0.6 is 0 Å². The summed E-state index contributed by atoms with van der Waals surface area (Å²) in [4.78, 5) is 46.5. The van der Waals surface area contributed by atoms with Crippen molar-refractivity contribution in [2.45, 2.75) is 44.8 Å². The van der Waals surface area contributed by atoms with Crippen LogP contribution in [0.2, 0.25) is 0 Å². The number of aryl methyl sites for hydroxylation is 1. The van der Waals surface area contributed by atoms with Gasteiger partial charge in [-0.25, -0.2) is 19.5 Å². The molecule has 9 heteroatoms. The predicted molar refractivity (Wildman–Crippen MR) is 92.7 cm³/mol. The van der Waals surface area contributed by atoms with Crippen molar-refractivity contribution in [1.82, 2.24) is 14.8 Å². The van der Waals surface area contributed by atoms with Crippen LogP contribution in [0.3, 0.4) is 0 Å². The van der Waals surface area contributed by atoms with Gasteiger partial charge >= 0.3 is 12.1 Å². The van der Waals surface area contributed by atoms with Gasteiger partial charge in [0.1, 0.15) is 17.8 Å². The van der Waals surface area contributed by atoms with E-state index in [2.05, 4.69) is 4.98 Å². The number of hydrogen-bond donors (Lipinski definition) is 0. The first-order valence-electron chi connectivity index (χ1n) is 8.94. The standard InChI is InChI=1S/C18H19N5O4/c1-3-4-27-18(26)21-9-12-6-14(21)15-16(24)23(17(25)22(12)15)11-5-10(2)13(7-19)20-8-11/h5,8,12,14-15H,3-4,6,9H2,1-2H3/t12?,14?,15-/m0/s1. The van der Waals surface area contributed by atoms with Gasteiger partial charge < -0.3 is 14.5 Å². The van der Waals surface area contributed by atoms with Crippen molar-refractivity contribution >= 4 is 23.7 Å². The Labute approximate surface area is 156 Å². The van der Waals surface area contributed by atoms with Crippen molar-refractivity contribution in [3.8, 4) is 6.07 Å². The van der Waals surface area contributed by atoms with E-state index in [4.69, 9.17) is 10.00 Å². The lowest BCUT2D eigenvalue weighted by atomic mass is 10.1. The Morgan fingerprint density at radius 2 is 2.22 bits per heavy atom. The maximum Gasteiger partial charge on any atom is 0.410 e. The second-order valence-electron chi connectivity index (χ2n) is 7.00. The summed E-state index contributed by atoms with van der Waals surface area (Å²) in [5, 5.41) is 9.01. The highest BCUT2D eigenvalue weighted by atomic mass is 16.6. The van der Waals surface area contributed by atoms with E-state index in [0.717, 1.165) is 11.3 Å². The lowest BCUT2D eigenvalue weighted by molar-refractivity contribution is -0.121. The highest BCUT2D eigenvalue weighted by Crippen LogP contribution is 2.42. The average molecular weight is 369 g/mol. The van der Waals surface area contributed by atoms with Gasteiger partial charge in [0.15, 0.2) is 0 Å². The maximum absolute atomic E-state index is 13.0. The van der Waals surface area contributed by atoms with Crippen molar-refractivity contribution < 1.29 is 19.1 Å². The summed E-state index contributed by atoms with van der Waals surface area (Å²) in [6.07, 6.45) is 2.23. The third-order valence-corrected chi connectivity index (χ3v) is 5.36. The number of urea groups is 1. The topological polar surface area (TPSA) is 107 Å². The third kappa shape index (κ3) is 2.44. The zero-order valence-electron chi connectivity index (χ0n) is 15.1. The molecule has 1 aromatic heterocycles.